The highest BCUT2D eigenvalue weighted by molar-refractivity contribution is 5.80. The van der Waals surface area contributed by atoms with E-state index >= 15 is 0 Å². The standard InChI is InChI=1S/C10H15F3N2O3/c11-10(12,13)7-18-6-2-9(17)15-4-1-8(16)14-3-5-15/h1-7H2,(H,14,16). The van der Waals surface area contributed by atoms with Crippen molar-refractivity contribution in [1.29, 1.82) is 0 Å². The van der Waals surface area contributed by atoms with Crippen LogP contribution in [0.2, 0.25) is 0 Å². The smallest absolute Gasteiger partial charge is 0.372 e. The number of ether oxygens (including phenoxy) is 1. The van der Waals surface area contributed by atoms with Crippen molar-refractivity contribution in [3.05, 3.63) is 0 Å². The van der Waals surface area contributed by atoms with Gasteiger partial charge in [0.2, 0.25) is 11.8 Å². The summed E-state index contributed by atoms with van der Waals surface area (Å²) in [5.74, 6) is -0.424. The number of carbonyl (C=O) groups is 2. The molecule has 1 fully saturated rings. The minimum Gasteiger partial charge on any atom is -0.372 e. The lowest BCUT2D eigenvalue weighted by Gasteiger charge is -2.19. The molecule has 0 aromatic carbocycles. The van der Waals surface area contributed by atoms with Crippen molar-refractivity contribution in [1.82, 2.24) is 10.2 Å². The zero-order valence-electron chi connectivity index (χ0n) is 9.76. The fraction of sp³-hybridized carbons (Fsp3) is 0.800. The molecule has 1 aliphatic heterocycles. The summed E-state index contributed by atoms with van der Waals surface area (Å²) in [6.45, 7) is -0.571. The number of halogens is 3. The lowest BCUT2D eigenvalue weighted by atomic mass is 10.3. The molecule has 0 radical (unpaired) electrons. The van der Waals surface area contributed by atoms with Crippen LogP contribution in [-0.4, -0.2) is 55.7 Å². The fourth-order valence-electron chi connectivity index (χ4n) is 1.52. The van der Waals surface area contributed by atoms with E-state index in [1.54, 1.807) is 0 Å². The Bertz CT molecular complexity index is 307. The topological polar surface area (TPSA) is 58.6 Å². The van der Waals surface area contributed by atoms with Crippen LogP contribution in [0, 0.1) is 0 Å². The molecular weight excluding hydrogens is 253 g/mol. The molecule has 0 atom stereocenters. The third-order valence-corrected chi connectivity index (χ3v) is 2.39. The first-order valence-corrected chi connectivity index (χ1v) is 5.57. The highest BCUT2D eigenvalue weighted by Crippen LogP contribution is 2.14. The normalized spacial score (nSPS) is 17.3. The van der Waals surface area contributed by atoms with Crippen LogP contribution < -0.4 is 5.32 Å². The van der Waals surface area contributed by atoms with Gasteiger partial charge in [0.15, 0.2) is 0 Å². The maximum absolute atomic E-state index is 11.8. The van der Waals surface area contributed by atoms with E-state index in [9.17, 15) is 22.8 Å². The molecule has 18 heavy (non-hydrogen) atoms. The van der Waals surface area contributed by atoms with Gasteiger partial charge in [-0.05, 0) is 0 Å². The summed E-state index contributed by atoms with van der Waals surface area (Å²) >= 11 is 0. The van der Waals surface area contributed by atoms with Crippen molar-refractivity contribution >= 4 is 11.8 Å². The van der Waals surface area contributed by atoms with Crippen LogP contribution in [-0.2, 0) is 14.3 Å². The van der Waals surface area contributed by atoms with Gasteiger partial charge in [0, 0.05) is 26.1 Å². The SMILES string of the molecule is O=C1CCN(C(=O)CCOCC(F)(F)F)CCN1. The molecule has 1 N–H and O–H groups in total. The molecule has 8 heteroatoms. The van der Waals surface area contributed by atoms with Crippen molar-refractivity contribution in [3.8, 4) is 0 Å². The number of nitrogens with zero attached hydrogens (tertiary/aromatic N) is 1. The molecule has 1 rings (SSSR count). The van der Waals surface area contributed by atoms with Crippen LogP contribution in [0.5, 0.6) is 0 Å². The molecule has 5 nitrogen and oxygen atoms in total. The molecule has 0 spiro atoms. The number of alkyl halides is 3. The molecule has 104 valence electrons. The summed E-state index contributed by atoms with van der Waals surface area (Å²) in [6, 6.07) is 0. The first-order chi connectivity index (χ1) is 8.38. The van der Waals surface area contributed by atoms with Crippen molar-refractivity contribution in [2.45, 2.75) is 19.0 Å². The van der Waals surface area contributed by atoms with Crippen molar-refractivity contribution in [2.24, 2.45) is 0 Å². The fourth-order valence-corrected chi connectivity index (χ4v) is 1.52. The van der Waals surface area contributed by atoms with Crippen molar-refractivity contribution in [3.63, 3.8) is 0 Å². The van der Waals surface area contributed by atoms with Crippen LogP contribution in [0.1, 0.15) is 12.8 Å². The molecule has 1 aliphatic rings. The first kappa shape index (κ1) is 14.7. The Morgan fingerprint density at radius 2 is 2.11 bits per heavy atom. The number of amides is 2. The molecule has 2 amide bonds. The molecule has 1 heterocycles. The lowest BCUT2D eigenvalue weighted by molar-refractivity contribution is -0.175. The monoisotopic (exact) mass is 268 g/mol. The maximum Gasteiger partial charge on any atom is 0.411 e. The summed E-state index contributed by atoms with van der Waals surface area (Å²) in [5, 5.41) is 2.60. The summed E-state index contributed by atoms with van der Waals surface area (Å²) < 4.78 is 39.7. The molecule has 0 unspecified atom stereocenters. The second-order valence-electron chi connectivity index (χ2n) is 3.90. The first-order valence-electron chi connectivity index (χ1n) is 5.57. The molecule has 0 bridgehead atoms. The third kappa shape index (κ3) is 5.85. The molecule has 0 aliphatic carbocycles. The van der Waals surface area contributed by atoms with Gasteiger partial charge in [-0.15, -0.1) is 0 Å². The molecular formula is C10H15F3N2O3. The minimum atomic E-state index is -4.37. The van der Waals surface area contributed by atoms with E-state index in [1.807, 2.05) is 0 Å². The highest BCUT2D eigenvalue weighted by Gasteiger charge is 2.27. The third-order valence-electron chi connectivity index (χ3n) is 2.39. The predicted molar refractivity (Wildman–Crippen MR) is 55.7 cm³/mol. The van der Waals surface area contributed by atoms with Crippen LogP contribution in [0.4, 0.5) is 13.2 Å². The number of hydrogen-bond donors (Lipinski definition) is 1. The van der Waals surface area contributed by atoms with Gasteiger partial charge in [-0.2, -0.15) is 13.2 Å². The quantitative estimate of drug-likeness (QED) is 0.746. The van der Waals surface area contributed by atoms with E-state index < -0.39 is 12.8 Å². The van der Waals surface area contributed by atoms with Crippen molar-refractivity contribution in [2.75, 3.05) is 32.8 Å². The van der Waals surface area contributed by atoms with Gasteiger partial charge in [-0.3, -0.25) is 9.59 Å². The predicted octanol–water partition coefficient (Wildman–Crippen LogP) is 0.304. The maximum atomic E-state index is 11.8. The van der Waals surface area contributed by atoms with Gasteiger partial charge in [0.05, 0.1) is 13.0 Å². The van der Waals surface area contributed by atoms with E-state index in [0.717, 1.165) is 0 Å². The molecule has 1 saturated heterocycles. The Morgan fingerprint density at radius 3 is 2.78 bits per heavy atom. The summed E-state index contributed by atoms with van der Waals surface area (Å²) in [5.41, 5.74) is 0. The zero-order valence-corrected chi connectivity index (χ0v) is 9.76. The minimum absolute atomic E-state index is 0.107. The lowest BCUT2D eigenvalue weighted by Crippen LogP contribution is -2.35. The zero-order chi connectivity index (χ0) is 13.6. The Morgan fingerprint density at radius 1 is 1.39 bits per heavy atom. The summed E-state index contributed by atoms with van der Waals surface area (Å²) in [6.07, 6.45) is -4.26. The van der Waals surface area contributed by atoms with Crippen molar-refractivity contribution < 1.29 is 27.5 Å². The van der Waals surface area contributed by atoms with E-state index in [2.05, 4.69) is 10.1 Å². The Kier molecular flexibility index (Phi) is 5.39. The molecule has 0 aromatic heterocycles. The number of nitrogens with one attached hydrogen (secondary N) is 1. The van der Waals surface area contributed by atoms with E-state index in [1.165, 1.54) is 4.90 Å². The highest BCUT2D eigenvalue weighted by atomic mass is 19.4. The Hall–Kier alpha value is -1.31. The van der Waals surface area contributed by atoms with Gasteiger partial charge >= 0.3 is 6.18 Å². The number of carbonyl (C=O) groups excluding carboxylic acids is 2. The van der Waals surface area contributed by atoms with Gasteiger partial charge in [-0.1, -0.05) is 0 Å². The summed E-state index contributed by atoms with van der Waals surface area (Å²) in [4.78, 5) is 24.1. The number of hydrogen-bond acceptors (Lipinski definition) is 3. The van der Waals surface area contributed by atoms with Crippen LogP contribution >= 0.6 is 0 Å². The van der Waals surface area contributed by atoms with Gasteiger partial charge in [0.25, 0.3) is 0 Å². The second kappa shape index (κ2) is 6.58. The van der Waals surface area contributed by atoms with E-state index in [4.69, 9.17) is 0 Å². The van der Waals surface area contributed by atoms with Crippen LogP contribution in [0.15, 0.2) is 0 Å². The van der Waals surface area contributed by atoms with Gasteiger partial charge in [-0.25, -0.2) is 0 Å². The Balaban J connectivity index is 2.22. The van der Waals surface area contributed by atoms with E-state index in [-0.39, 0.29) is 31.3 Å². The molecule has 0 saturated carbocycles. The summed E-state index contributed by atoms with van der Waals surface area (Å²) in [7, 11) is 0. The van der Waals surface area contributed by atoms with Crippen LogP contribution in [0.3, 0.4) is 0 Å². The van der Waals surface area contributed by atoms with E-state index in [0.29, 0.717) is 19.6 Å². The average Bonchev–Trinajstić information content (AvgIpc) is 2.48. The second-order valence-corrected chi connectivity index (χ2v) is 3.90. The van der Waals surface area contributed by atoms with Gasteiger partial charge < -0.3 is 15.0 Å². The van der Waals surface area contributed by atoms with Gasteiger partial charge in [0.1, 0.15) is 6.61 Å². The largest absolute Gasteiger partial charge is 0.411 e. The number of rotatable bonds is 4. The van der Waals surface area contributed by atoms with Crippen LogP contribution in [0.25, 0.3) is 0 Å². The average molecular weight is 268 g/mol. The molecule has 0 aromatic rings. The Labute approximate surface area is 102 Å².